The van der Waals surface area contributed by atoms with Crippen molar-refractivity contribution >= 4 is 29.5 Å². The molecule has 1 aliphatic carbocycles. The van der Waals surface area contributed by atoms with E-state index in [0.717, 1.165) is 31.6 Å². The van der Waals surface area contributed by atoms with Crippen molar-refractivity contribution in [2.24, 2.45) is 10.5 Å². The Bertz CT molecular complexity index is 1490. The number of piperazine rings is 1. The third-order valence-corrected chi connectivity index (χ3v) is 9.22. The smallest absolute Gasteiger partial charge is 0.410 e. The minimum Gasteiger partial charge on any atom is -0.444 e. The Morgan fingerprint density at radius 3 is 2.52 bits per heavy atom. The van der Waals surface area contributed by atoms with Crippen molar-refractivity contribution in [3.63, 3.8) is 0 Å². The van der Waals surface area contributed by atoms with E-state index in [1.807, 2.05) is 19.1 Å². The molecule has 0 spiro atoms. The van der Waals surface area contributed by atoms with E-state index in [1.165, 1.54) is 15.9 Å². The van der Waals surface area contributed by atoms with Gasteiger partial charge in [-0.3, -0.25) is 19.3 Å². The maximum atomic E-state index is 15.0. The zero-order valence-electron chi connectivity index (χ0n) is 28.4. The molecule has 3 heterocycles. The third kappa shape index (κ3) is 8.48. The van der Waals surface area contributed by atoms with Crippen molar-refractivity contribution < 1.29 is 33.0 Å². The van der Waals surface area contributed by atoms with Crippen LogP contribution in [0.4, 0.5) is 9.18 Å². The number of nitrogens with one attached hydrogen (secondary N) is 2. The number of allylic oxidation sites excluding steroid dienone is 3. The Kier molecular flexibility index (Phi) is 11.0. The van der Waals surface area contributed by atoms with E-state index in [-0.39, 0.29) is 62.8 Å². The molecule has 4 aliphatic rings. The fraction of sp³-hybridized carbons (Fsp3) is 0.571. The van der Waals surface area contributed by atoms with Crippen LogP contribution in [0.15, 0.2) is 47.1 Å². The summed E-state index contributed by atoms with van der Waals surface area (Å²) in [5, 5.41) is 7.63. The second kappa shape index (κ2) is 15.0. The Morgan fingerprint density at radius 2 is 1.81 bits per heavy atom. The van der Waals surface area contributed by atoms with Crippen LogP contribution in [0.2, 0.25) is 0 Å². The molecule has 1 aromatic rings. The highest BCUT2D eigenvalue weighted by Gasteiger charge is 2.41. The standard InChI is InChI=1S/C35H47FN6O6/c1-34(2,3)48-33(46)42(19-20-47-25-10-13-37-14-11-25)23-30(43)40-15-17-41(18-16-40)32(45)26-21-24(8-9-28(26)36)22-29-35(4)12-6-5-7-27(35)31(44)39-38-29/h5-9,21,25,37H,10-20,22-23H2,1-4H3,(H,39,44). The van der Waals surface area contributed by atoms with Crippen LogP contribution >= 0.6 is 0 Å². The van der Waals surface area contributed by atoms with Crippen LogP contribution < -0.4 is 10.7 Å². The molecule has 1 aromatic carbocycles. The molecule has 2 saturated heterocycles. The van der Waals surface area contributed by atoms with Gasteiger partial charge in [-0.2, -0.15) is 5.10 Å². The third-order valence-electron chi connectivity index (χ3n) is 9.22. The lowest BCUT2D eigenvalue weighted by molar-refractivity contribution is -0.134. The number of fused-ring (bicyclic) bond motifs is 1. The van der Waals surface area contributed by atoms with Gasteiger partial charge in [0, 0.05) is 50.1 Å². The monoisotopic (exact) mass is 666 g/mol. The largest absolute Gasteiger partial charge is 0.444 e. The van der Waals surface area contributed by atoms with Gasteiger partial charge in [0.2, 0.25) is 5.91 Å². The van der Waals surface area contributed by atoms with Crippen LogP contribution in [0.5, 0.6) is 0 Å². The minimum atomic E-state index is -0.724. The van der Waals surface area contributed by atoms with Gasteiger partial charge in [-0.15, -0.1) is 0 Å². The number of hydrogen-bond donors (Lipinski definition) is 2. The van der Waals surface area contributed by atoms with E-state index in [0.29, 0.717) is 30.6 Å². The molecule has 48 heavy (non-hydrogen) atoms. The first-order chi connectivity index (χ1) is 22.8. The average molecular weight is 667 g/mol. The van der Waals surface area contributed by atoms with Crippen molar-refractivity contribution in [3.05, 3.63) is 58.9 Å². The molecule has 0 saturated carbocycles. The van der Waals surface area contributed by atoms with Gasteiger partial charge in [0.1, 0.15) is 18.0 Å². The van der Waals surface area contributed by atoms with Crippen molar-refractivity contribution in [3.8, 4) is 0 Å². The van der Waals surface area contributed by atoms with Crippen molar-refractivity contribution in [2.75, 3.05) is 59.0 Å². The molecule has 1 atom stereocenters. The van der Waals surface area contributed by atoms with Gasteiger partial charge < -0.3 is 24.6 Å². The second-order valence-electron chi connectivity index (χ2n) is 13.9. The maximum absolute atomic E-state index is 15.0. The highest BCUT2D eigenvalue weighted by molar-refractivity contribution is 6.09. The van der Waals surface area contributed by atoms with Gasteiger partial charge >= 0.3 is 6.09 Å². The van der Waals surface area contributed by atoms with Gasteiger partial charge in [0.25, 0.3) is 11.8 Å². The number of carbonyl (C=O) groups is 4. The summed E-state index contributed by atoms with van der Waals surface area (Å²) in [5.41, 5.74) is 3.26. The van der Waals surface area contributed by atoms with E-state index < -0.39 is 28.8 Å². The molecule has 1 unspecified atom stereocenters. The lowest BCUT2D eigenvalue weighted by Gasteiger charge is -2.37. The summed E-state index contributed by atoms with van der Waals surface area (Å²) in [6.45, 7) is 10.3. The van der Waals surface area contributed by atoms with E-state index in [2.05, 4.69) is 15.8 Å². The quantitative estimate of drug-likeness (QED) is 0.414. The zero-order valence-corrected chi connectivity index (χ0v) is 28.4. The average Bonchev–Trinajstić information content (AvgIpc) is 3.06. The van der Waals surface area contributed by atoms with Crippen LogP contribution in [-0.4, -0.2) is 115 Å². The zero-order chi connectivity index (χ0) is 34.5. The number of rotatable bonds is 9. The highest BCUT2D eigenvalue weighted by atomic mass is 19.1. The number of benzene rings is 1. The Balaban J connectivity index is 1.18. The lowest BCUT2D eigenvalue weighted by atomic mass is 9.70. The predicted molar refractivity (Wildman–Crippen MR) is 178 cm³/mol. The van der Waals surface area contributed by atoms with Crippen LogP contribution in [0, 0.1) is 11.2 Å². The van der Waals surface area contributed by atoms with Gasteiger partial charge in [0.15, 0.2) is 0 Å². The second-order valence-corrected chi connectivity index (χ2v) is 13.9. The summed E-state index contributed by atoms with van der Waals surface area (Å²) in [5.74, 6) is -1.59. The van der Waals surface area contributed by atoms with Crippen molar-refractivity contribution in [1.29, 1.82) is 0 Å². The first-order valence-electron chi connectivity index (χ1n) is 16.7. The Morgan fingerprint density at radius 1 is 1.10 bits per heavy atom. The molecule has 4 amide bonds. The molecular formula is C35H47FN6O6. The highest BCUT2D eigenvalue weighted by Crippen LogP contribution is 2.39. The van der Waals surface area contributed by atoms with E-state index in [4.69, 9.17) is 9.47 Å². The summed E-state index contributed by atoms with van der Waals surface area (Å²) in [7, 11) is 0. The molecule has 0 radical (unpaired) electrons. The number of hydrazone groups is 1. The maximum Gasteiger partial charge on any atom is 0.410 e. The molecule has 5 rings (SSSR count). The number of ether oxygens (including phenoxy) is 2. The summed E-state index contributed by atoms with van der Waals surface area (Å²) < 4.78 is 26.6. The lowest BCUT2D eigenvalue weighted by Crippen LogP contribution is -2.53. The van der Waals surface area contributed by atoms with Crippen LogP contribution in [0.1, 0.15) is 62.9 Å². The summed E-state index contributed by atoms with van der Waals surface area (Å²) in [6.07, 6.45) is 7.90. The molecule has 0 bridgehead atoms. The number of nitrogens with zero attached hydrogens (tertiary/aromatic N) is 4. The van der Waals surface area contributed by atoms with Gasteiger partial charge in [-0.25, -0.2) is 14.6 Å². The molecule has 13 heteroatoms. The Labute approximate surface area is 281 Å². The summed E-state index contributed by atoms with van der Waals surface area (Å²) in [4.78, 5) is 56.8. The number of amides is 4. The van der Waals surface area contributed by atoms with Crippen LogP contribution in [0.3, 0.4) is 0 Å². The number of carbonyl (C=O) groups excluding carboxylic acids is 4. The van der Waals surface area contributed by atoms with Crippen LogP contribution in [-0.2, 0) is 25.5 Å². The number of piperidine rings is 1. The molecule has 260 valence electrons. The normalized spacial score (nSPS) is 21.6. The summed E-state index contributed by atoms with van der Waals surface area (Å²) in [6, 6.07) is 4.45. The fourth-order valence-corrected chi connectivity index (χ4v) is 6.38. The van der Waals surface area contributed by atoms with Crippen molar-refractivity contribution in [1.82, 2.24) is 25.4 Å². The molecule has 2 N–H and O–H groups in total. The van der Waals surface area contributed by atoms with Crippen molar-refractivity contribution in [2.45, 2.75) is 65.1 Å². The first kappa shape index (κ1) is 35.2. The number of hydrogen-bond acceptors (Lipinski definition) is 8. The Hall–Kier alpha value is -4.10. The first-order valence-corrected chi connectivity index (χ1v) is 16.7. The van der Waals surface area contributed by atoms with E-state index >= 15 is 4.39 Å². The number of halogens is 1. The molecule has 12 nitrogen and oxygen atoms in total. The SMILES string of the molecule is CC(C)(C)OC(=O)N(CCOC1CCNCC1)CC(=O)N1CCN(C(=O)c2cc(CC3=NNC(=O)C4=CC=CCC43C)ccc2F)CC1. The molecule has 3 aliphatic heterocycles. The molecular weight excluding hydrogens is 619 g/mol. The van der Waals surface area contributed by atoms with E-state index in [9.17, 15) is 19.2 Å². The fourth-order valence-electron chi connectivity index (χ4n) is 6.38. The van der Waals surface area contributed by atoms with Gasteiger partial charge in [-0.1, -0.05) is 24.3 Å². The minimum absolute atomic E-state index is 0.0537. The van der Waals surface area contributed by atoms with Gasteiger partial charge in [0.05, 0.1) is 24.0 Å². The topological polar surface area (TPSA) is 133 Å². The molecule has 2 fully saturated rings. The predicted octanol–water partition coefficient (Wildman–Crippen LogP) is 3.04. The van der Waals surface area contributed by atoms with E-state index in [1.54, 1.807) is 43.9 Å². The molecule has 0 aromatic heterocycles. The van der Waals surface area contributed by atoms with Gasteiger partial charge in [-0.05, 0) is 77.7 Å². The summed E-state index contributed by atoms with van der Waals surface area (Å²) >= 11 is 0. The van der Waals surface area contributed by atoms with Crippen LogP contribution in [0.25, 0.3) is 0 Å².